The number of hydrogen-bond acceptors (Lipinski definition) is 3. The Kier molecular flexibility index (Phi) is 4.42. The fourth-order valence-corrected chi connectivity index (χ4v) is 2.69. The third-order valence-corrected chi connectivity index (χ3v) is 3.98. The average Bonchev–Trinajstić information content (AvgIpc) is 2.59. The third kappa shape index (κ3) is 3.06. The largest absolute Gasteiger partial charge is 0.324 e. The molecule has 2 aromatic carbocycles. The van der Waals surface area contributed by atoms with Crippen molar-refractivity contribution in [3.8, 4) is 0 Å². The number of anilines is 1. The second kappa shape index (κ2) is 6.66. The van der Waals surface area contributed by atoms with Gasteiger partial charge in [0, 0.05) is 12.1 Å². The first-order valence-corrected chi connectivity index (χ1v) is 7.94. The molecule has 0 unspecified atom stereocenters. The van der Waals surface area contributed by atoms with Crippen LogP contribution in [0.5, 0.6) is 0 Å². The van der Waals surface area contributed by atoms with E-state index in [2.05, 4.69) is 10.3 Å². The van der Waals surface area contributed by atoms with Crippen LogP contribution in [0.2, 0.25) is 0 Å². The van der Waals surface area contributed by atoms with Gasteiger partial charge >= 0.3 is 0 Å². The van der Waals surface area contributed by atoms with Gasteiger partial charge in [-0.15, -0.1) is 0 Å². The van der Waals surface area contributed by atoms with E-state index in [0.29, 0.717) is 23.1 Å². The molecule has 1 amide bonds. The number of carbonyl (C=O) groups is 1. The summed E-state index contributed by atoms with van der Waals surface area (Å²) in [6.45, 7) is 3.80. The number of hydrogen-bond donors (Lipinski definition) is 1. The molecule has 1 heterocycles. The number of rotatable bonds is 4. The van der Waals surface area contributed by atoms with Crippen molar-refractivity contribution < 1.29 is 4.79 Å². The number of para-hydroxylation sites is 2. The Morgan fingerprint density at radius 1 is 1.12 bits per heavy atom. The van der Waals surface area contributed by atoms with Crippen molar-refractivity contribution >= 4 is 22.5 Å². The molecule has 0 saturated heterocycles. The van der Waals surface area contributed by atoms with E-state index in [9.17, 15) is 9.59 Å². The summed E-state index contributed by atoms with van der Waals surface area (Å²) in [4.78, 5) is 29.6. The Balaban J connectivity index is 1.94. The Hall–Kier alpha value is -2.95. The van der Waals surface area contributed by atoms with E-state index in [0.717, 1.165) is 11.3 Å². The zero-order valence-corrected chi connectivity index (χ0v) is 13.7. The molecule has 1 N–H and O–H groups in total. The van der Waals surface area contributed by atoms with Crippen LogP contribution >= 0.6 is 0 Å². The Bertz CT molecular complexity index is 960. The molecule has 0 aliphatic heterocycles. The van der Waals surface area contributed by atoms with Gasteiger partial charge in [-0.2, -0.15) is 0 Å². The standard InChI is InChI=1S/C19H19N3O2/c1-3-17-20-16-11-7-5-9-14(16)19(24)22(17)12-18(23)21-15-10-6-4-8-13(15)2/h4-11H,3,12H2,1-2H3,(H,21,23). The second-order valence-electron chi connectivity index (χ2n) is 5.65. The molecule has 0 spiro atoms. The van der Waals surface area contributed by atoms with E-state index in [1.165, 1.54) is 4.57 Å². The van der Waals surface area contributed by atoms with Gasteiger partial charge in [-0.05, 0) is 30.7 Å². The number of carbonyl (C=O) groups excluding carboxylic acids is 1. The first-order valence-electron chi connectivity index (χ1n) is 7.94. The summed E-state index contributed by atoms with van der Waals surface area (Å²) in [6.07, 6.45) is 0.581. The van der Waals surface area contributed by atoms with E-state index < -0.39 is 0 Å². The molecule has 0 aliphatic rings. The number of amides is 1. The Labute approximate surface area is 140 Å². The lowest BCUT2D eigenvalue weighted by Crippen LogP contribution is -2.31. The second-order valence-corrected chi connectivity index (χ2v) is 5.65. The summed E-state index contributed by atoms with van der Waals surface area (Å²) in [6, 6.07) is 14.7. The van der Waals surface area contributed by atoms with Crippen molar-refractivity contribution in [3.05, 3.63) is 70.3 Å². The number of fused-ring (bicyclic) bond motifs is 1. The number of benzene rings is 2. The van der Waals surface area contributed by atoms with Crippen LogP contribution in [0.1, 0.15) is 18.3 Å². The fourth-order valence-electron chi connectivity index (χ4n) is 2.69. The van der Waals surface area contributed by atoms with Gasteiger partial charge in [0.2, 0.25) is 5.91 Å². The van der Waals surface area contributed by atoms with Crippen LogP contribution in [0.25, 0.3) is 10.9 Å². The summed E-state index contributed by atoms with van der Waals surface area (Å²) < 4.78 is 1.45. The van der Waals surface area contributed by atoms with Crippen LogP contribution < -0.4 is 10.9 Å². The number of aryl methyl sites for hydroxylation is 2. The minimum absolute atomic E-state index is 0.0474. The smallest absolute Gasteiger partial charge is 0.261 e. The zero-order valence-electron chi connectivity index (χ0n) is 13.7. The van der Waals surface area contributed by atoms with Gasteiger partial charge in [0.15, 0.2) is 0 Å². The van der Waals surface area contributed by atoms with Gasteiger partial charge in [0.25, 0.3) is 5.56 Å². The van der Waals surface area contributed by atoms with Crippen LogP contribution in [0, 0.1) is 6.92 Å². The molecule has 0 saturated carbocycles. The molecular weight excluding hydrogens is 302 g/mol. The van der Waals surface area contributed by atoms with Gasteiger partial charge in [0.05, 0.1) is 10.9 Å². The first-order chi connectivity index (χ1) is 11.6. The fraction of sp³-hybridized carbons (Fsp3) is 0.211. The molecule has 0 aliphatic carbocycles. The third-order valence-electron chi connectivity index (χ3n) is 3.98. The summed E-state index contributed by atoms with van der Waals surface area (Å²) >= 11 is 0. The number of nitrogens with one attached hydrogen (secondary N) is 1. The summed E-state index contributed by atoms with van der Waals surface area (Å²) in [7, 11) is 0. The summed E-state index contributed by atoms with van der Waals surface area (Å²) in [5, 5.41) is 3.39. The molecule has 3 aromatic rings. The highest BCUT2D eigenvalue weighted by atomic mass is 16.2. The topological polar surface area (TPSA) is 64.0 Å². The van der Waals surface area contributed by atoms with Crippen LogP contribution in [0.4, 0.5) is 5.69 Å². The van der Waals surface area contributed by atoms with Gasteiger partial charge in [-0.25, -0.2) is 4.98 Å². The van der Waals surface area contributed by atoms with Crippen molar-refractivity contribution in [1.29, 1.82) is 0 Å². The van der Waals surface area contributed by atoms with Crippen LogP contribution in [-0.4, -0.2) is 15.5 Å². The SMILES string of the molecule is CCc1nc2ccccc2c(=O)n1CC(=O)Nc1ccccc1C. The van der Waals surface area contributed by atoms with Crippen molar-refractivity contribution in [2.75, 3.05) is 5.32 Å². The van der Waals surface area contributed by atoms with Crippen LogP contribution in [0.15, 0.2) is 53.3 Å². The lowest BCUT2D eigenvalue weighted by Gasteiger charge is -2.13. The van der Waals surface area contributed by atoms with Crippen molar-refractivity contribution in [1.82, 2.24) is 9.55 Å². The van der Waals surface area contributed by atoms with Gasteiger partial charge in [-0.3, -0.25) is 14.2 Å². The minimum atomic E-state index is -0.238. The Morgan fingerprint density at radius 2 is 1.83 bits per heavy atom. The molecule has 0 radical (unpaired) electrons. The molecule has 1 aromatic heterocycles. The molecule has 5 nitrogen and oxygen atoms in total. The van der Waals surface area contributed by atoms with Gasteiger partial charge in [0.1, 0.15) is 12.4 Å². The molecular formula is C19H19N3O2. The Morgan fingerprint density at radius 3 is 2.58 bits per heavy atom. The molecule has 5 heteroatoms. The molecule has 0 fully saturated rings. The maximum atomic E-state index is 12.7. The van der Waals surface area contributed by atoms with Crippen molar-refractivity contribution in [2.24, 2.45) is 0 Å². The lowest BCUT2D eigenvalue weighted by molar-refractivity contribution is -0.116. The van der Waals surface area contributed by atoms with E-state index in [1.54, 1.807) is 12.1 Å². The first kappa shape index (κ1) is 15.9. The van der Waals surface area contributed by atoms with Crippen LogP contribution in [0.3, 0.4) is 0 Å². The van der Waals surface area contributed by atoms with E-state index in [1.807, 2.05) is 50.2 Å². The van der Waals surface area contributed by atoms with Crippen molar-refractivity contribution in [3.63, 3.8) is 0 Å². The molecule has 0 atom stereocenters. The van der Waals surface area contributed by atoms with Crippen LogP contribution in [-0.2, 0) is 17.8 Å². The highest BCUT2D eigenvalue weighted by molar-refractivity contribution is 5.91. The monoisotopic (exact) mass is 321 g/mol. The lowest BCUT2D eigenvalue weighted by atomic mass is 10.2. The van der Waals surface area contributed by atoms with Gasteiger partial charge < -0.3 is 5.32 Å². The average molecular weight is 321 g/mol. The zero-order chi connectivity index (χ0) is 17.1. The van der Waals surface area contributed by atoms with E-state index in [4.69, 9.17) is 0 Å². The molecule has 24 heavy (non-hydrogen) atoms. The number of nitrogens with zero attached hydrogens (tertiary/aromatic N) is 2. The maximum Gasteiger partial charge on any atom is 0.261 e. The molecule has 0 bridgehead atoms. The molecule has 3 rings (SSSR count). The normalized spacial score (nSPS) is 10.8. The summed E-state index contributed by atoms with van der Waals surface area (Å²) in [5.41, 5.74) is 2.21. The van der Waals surface area contributed by atoms with Gasteiger partial charge in [-0.1, -0.05) is 37.3 Å². The molecule has 122 valence electrons. The highest BCUT2D eigenvalue weighted by Gasteiger charge is 2.13. The maximum absolute atomic E-state index is 12.7. The number of aromatic nitrogens is 2. The quantitative estimate of drug-likeness (QED) is 0.803. The predicted molar refractivity (Wildman–Crippen MR) is 95.2 cm³/mol. The summed E-state index contributed by atoms with van der Waals surface area (Å²) in [5.74, 6) is 0.372. The minimum Gasteiger partial charge on any atom is -0.324 e. The van der Waals surface area contributed by atoms with E-state index >= 15 is 0 Å². The highest BCUT2D eigenvalue weighted by Crippen LogP contribution is 2.13. The van der Waals surface area contributed by atoms with Crippen molar-refractivity contribution in [2.45, 2.75) is 26.8 Å². The van der Waals surface area contributed by atoms with E-state index in [-0.39, 0.29) is 18.0 Å². The predicted octanol–water partition coefficient (Wildman–Crippen LogP) is 2.91.